The van der Waals surface area contributed by atoms with Gasteiger partial charge in [0.25, 0.3) is 0 Å². The molecule has 0 fully saturated rings. The van der Waals surface area contributed by atoms with Gasteiger partial charge in [-0.2, -0.15) is 0 Å². The van der Waals surface area contributed by atoms with E-state index >= 15 is 0 Å². The molecule has 0 saturated heterocycles. The smallest absolute Gasteiger partial charge is 0.319 e. The normalized spacial score (nSPS) is 9.18. The van der Waals surface area contributed by atoms with Crippen molar-refractivity contribution < 1.29 is 4.79 Å². The van der Waals surface area contributed by atoms with E-state index < -0.39 is 0 Å². The Hall–Kier alpha value is -1.45. The lowest BCUT2D eigenvalue weighted by atomic mass is 10.5. The quantitative estimate of drug-likeness (QED) is 0.586. The van der Waals surface area contributed by atoms with Crippen LogP contribution in [0.2, 0.25) is 0 Å². The van der Waals surface area contributed by atoms with Crippen LogP contribution < -0.4 is 10.6 Å². The molecule has 0 aromatic carbocycles. The first-order valence-corrected chi connectivity index (χ1v) is 3.50. The zero-order valence-corrected chi connectivity index (χ0v) is 6.35. The second-order valence-corrected chi connectivity index (χ2v) is 2.08. The molecule has 0 saturated carbocycles. The van der Waals surface area contributed by atoms with Crippen molar-refractivity contribution in [1.82, 2.24) is 10.3 Å². The Labute approximate surface area is 65.0 Å². The summed E-state index contributed by atoms with van der Waals surface area (Å²) in [5.41, 5.74) is 0.774. The van der Waals surface area contributed by atoms with E-state index in [0.29, 0.717) is 6.54 Å². The van der Waals surface area contributed by atoms with E-state index in [0.717, 1.165) is 5.69 Å². The van der Waals surface area contributed by atoms with E-state index in [1.54, 1.807) is 18.5 Å². The van der Waals surface area contributed by atoms with Crippen molar-refractivity contribution in [2.24, 2.45) is 0 Å². The van der Waals surface area contributed by atoms with Crippen molar-refractivity contribution in [3.05, 3.63) is 18.5 Å². The Morgan fingerprint density at radius 1 is 1.73 bits per heavy atom. The average molecular weight is 153 g/mol. The maximum atomic E-state index is 10.9. The zero-order valence-electron chi connectivity index (χ0n) is 6.35. The molecule has 3 N–H and O–H groups in total. The Bertz CT molecular complexity index is 218. The van der Waals surface area contributed by atoms with Crippen LogP contribution in [0.4, 0.5) is 10.5 Å². The van der Waals surface area contributed by atoms with E-state index in [-0.39, 0.29) is 6.03 Å². The molecular weight excluding hydrogens is 142 g/mol. The number of hydrogen-bond acceptors (Lipinski definition) is 1. The highest BCUT2D eigenvalue weighted by molar-refractivity contribution is 5.88. The minimum atomic E-state index is -0.174. The molecule has 0 aliphatic heterocycles. The molecule has 1 rings (SSSR count). The Morgan fingerprint density at radius 3 is 3.09 bits per heavy atom. The second-order valence-electron chi connectivity index (χ2n) is 2.08. The molecule has 11 heavy (non-hydrogen) atoms. The Balaban J connectivity index is 2.37. The standard InChI is InChI=1S/C7H11N3O/c1-2-9-7(11)10-6-3-4-8-5-6/h3-5,8H,2H2,1H3,(H2,9,10,11). The first kappa shape index (κ1) is 7.65. The first-order valence-electron chi connectivity index (χ1n) is 3.50. The fourth-order valence-corrected chi connectivity index (χ4v) is 0.737. The summed E-state index contributed by atoms with van der Waals surface area (Å²) in [5.74, 6) is 0. The summed E-state index contributed by atoms with van der Waals surface area (Å²) in [6, 6.07) is 1.61. The van der Waals surface area contributed by atoms with Crippen LogP contribution in [0.3, 0.4) is 0 Å². The molecule has 4 nitrogen and oxygen atoms in total. The van der Waals surface area contributed by atoms with Crippen LogP contribution in [-0.4, -0.2) is 17.6 Å². The van der Waals surface area contributed by atoms with Crippen LogP contribution in [0.5, 0.6) is 0 Å². The number of aromatic nitrogens is 1. The molecule has 0 bridgehead atoms. The van der Waals surface area contributed by atoms with Crippen molar-refractivity contribution >= 4 is 11.7 Å². The third-order valence-electron chi connectivity index (χ3n) is 1.19. The van der Waals surface area contributed by atoms with Crippen molar-refractivity contribution in [1.29, 1.82) is 0 Å². The van der Waals surface area contributed by atoms with Gasteiger partial charge in [0.05, 0.1) is 5.69 Å². The summed E-state index contributed by atoms with van der Waals surface area (Å²) in [6.45, 7) is 2.51. The fourth-order valence-electron chi connectivity index (χ4n) is 0.737. The van der Waals surface area contributed by atoms with Crippen LogP contribution in [0.1, 0.15) is 6.92 Å². The van der Waals surface area contributed by atoms with Gasteiger partial charge < -0.3 is 15.6 Å². The third kappa shape index (κ3) is 2.33. The van der Waals surface area contributed by atoms with E-state index in [4.69, 9.17) is 0 Å². The van der Waals surface area contributed by atoms with Gasteiger partial charge in [-0.1, -0.05) is 0 Å². The molecular formula is C7H11N3O. The lowest BCUT2D eigenvalue weighted by molar-refractivity contribution is 0.252. The molecule has 0 aliphatic rings. The van der Waals surface area contributed by atoms with Gasteiger partial charge in [-0.15, -0.1) is 0 Å². The monoisotopic (exact) mass is 153 g/mol. The summed E-state index contributed by atoms with van der Waals surface area (Å²) in [6.07, 6.45) is 3.47. The number of rotatable bonds is 2. The number of anilines is 1. The van der Waals surface area contributed by atoms with Gasteiger partial charge in [-0.3, -0.25) is 0 Å². The lowest BCUT2D eigenvalue weighted by Crippen LogP contribution is -2.27. The largest absolute Gasteiger partial charge is 0.366 e. The van der Waals surface area contributed by atoms with Crippen LogP contribution in [0, 0.1) is 0 Å². The zero-order chi connectivity index (χ0) is 8.10. The number of amides is 2. The highest BCUT2D eigenvalue weighted by atomic mass is 16.2. The van der Waals surface area contributed by atoms with Crippen LogP contribution in [0.15, 0.2) is 18.5 Å². The fraction of sp³-hybridized carbons (Fsp3) is 0.286. The van der Waals surface area contributed by atoms with Crippen LogP contribution >= 0.6 is 0 Å². The van der Waals surface area contributed by atoms with Gasteiger partial charge >= 0.3 is 6.03 Å². The van der Waals surface area contributed by atoms with E-state index in [2.05, 4.69) is 15.6 Å². The molecule has 0 aliphatic carbocycles. The summed E-state index contributed by atoms with van der Waals surface area (Å²) in [4.78, 5) is 13.7. The molecule has 1 aromatic rings. The number of carbonyl (C=O) groups is 1. The van der Waals surface area contributed by atoms with Crippen molar-refractivity contribution in [3.8, 4) is 0 Å². The molecule has 0 spiro atoms. The minimum Gasteiger partial charge on any atom is -0.366 e. The van der Waals surface area contributed by atoms with Crippen molar-refractivity contribution in [2.45, 2.75) is 6.92 Å². The Morgan fingerprint density at radius 2 is 2.55 bits per heavy atom. The molecule has 60 valence electrons. The van der Waals surface area contributed by atoms with E-state index in [1.165, 1.54) is 0 Å². The third-order valence-corrected chi connectivity index (χ3v) is 1.19. The predicted octanol–water partition coefficient (Wildman–Crippen LogP) is 1.16. The number of aromatic amines is 1. The van der Waals surface area contributed by atoms with Crippen LogP contribution in [-0.2, 0) is 0 Å². The number of hydrogen-bond donors (Lipinski definition) is 3. The van der Waals surface area contributed by atoms with Crippen LogP contribution in [0.25, 0.3) is 0 Å². The van der Waals surface area contributed by atoms with Gasteiger partial charge in [0.15, 0.2) is 0 Å². The molecule has 0 radical (unpaired) electrons. The van der Waals surface area contributed by atoms with Gasteiger partial charge in [-0.05, 0) is 13.0 Å². The molecule has 0 atom stereocenters. The topological polar surface area (TPSA) is 56.9 Å². The minimum absolute atomic E-state index is 0.174. The maximum absolute atomic E-state index is 10.9. The molecule has 1 heterocycles. The maximum Gasteiger partial charge on any atom is 0.319 e. The number of carbonyl (C=O) groups excluding carboxylic acids is 1. The highest BCUT2D eigenvalue weighted by Crippen LogP contribution is 2.01. The van der Waals surface area contributed by atoms with Gasteiger partial charge in [0, 0.05) is 18.9 Å². The highest BCUT2D eigenvalue weighted by Gasteiger charge is 1.97. The average Bonchev–Trinajstić information content (AvgIpc) is 2.40. The van der Waals surface area contributed by atoms with E-state index in [1.807, 2.05) is 6.92 Å². The number of urea groups is 1. The van der Waals surface area contributed by atoms with Gasteiger partial charge in [0.2, 0.25) is 0 Å². The van der Waals surface area contributed by atoms with Crippen molar-refractivity contribution in [3.63, 3.8) is 0 Å². The summed E-state index contributed by atoms with van der Waals surface area (Å²) in [5, 5.41) is 5.26. The number of H-pyrrole nitrogens is 1. The van der Waals surface area contributed by atoms with E-state index in [9.17, 15) is 4.79 Å². The molecule has 2 amide bonds. The summed E-state index contributed by atoms with van der Waals surface area (Å²) in [7, 11) is 0. The van der Waals surface area contributed by atoms with Gasteiger partial charge in [0.1, 0.15) is 0 Å². The first-order chi connectivity index (χ1) is 5.33. The predicted molar refractivity (Wildman–Crippen MR) is 43.5 cm³/mol. The van der Waals surface area contributed by atoms with Crippen molar-refractivity contribution in [2.75, 3.05) is 11.9 Å². The molecule has 1 aromatic heterocycles. The SMILES string of the molecule is CCNC(=O)Nc1cc[nH]c1. The summed E-state index contributed by atoms with van der Waals surface area (Å²) >= 11 is 0. The lowest BCUT2D eigenvalue weighted by Gasteiger charge is -2.01. The van der Waals surface area contributed by atoms with Gasteiger partial charge in [-0.25, -0.2) is 4.79 Å². The Kier molecular flexibility index (Phi) is 2.54. The summed E-state index contributed by atoms with van der Waals surface area (Å²) < 4.78 is 0. The molecule has 0 unspecified atom stereocenters. The second kappa shape index (κ2) is 3.65. The molecule has 4 heteroatoms. The number of nitrogens with one attached hydrogen (secondary N) is 3.